The average Bonchev–Trinajstić information content (AvgIpc) is 3.05. The highest BCUT2D eigenvalue weighted by Gasteiger charge is 2.37. The Hall–Kier alpha value is -3.10. The highest BCUT2D eigenvalue weighted by molar-refractivity contribution is 5.94. The van der Waals surface area contributed by atoms with Crippen LogP contribution in [0.25, 0.3) is 0 Å². The number of carbonyl (C=O) groups is 2. The molecule has 8 nitrogen and oxygen atoms in total. The van der Waals surface area contributed by atoms with E-state index >= 15 is 0 Å². The number of amides is 2. The van der Waals surface area contributed by atoms with Crippen molar-refractivity contribution in [2.24, 2.45) is 5.92 Å². The molecule has 1 N–H and O–H groups in total. The minimum absolute atomic E-state index is 0.0265. The smallest absolute Gasteiger partial charge is 0.302 e. The van der Waals surface area contributed by atoms with E-state index in [-0.39, 0.29) is 35.5 Å². The van der Waals surface area contributed by atoms with Gasteiger partial charge in [-0.1, -0.05) is 0 Å². The van der Waals surface area contributed by atoms with Crippen molar-refractivity contribution in [3.05, 3.63) is 36.0 Å². The van der Waals surface area contributed by atoms with Crippen LogP contribution in [-0.2, 0) is 4.79 Å². The Balaban J connectivity index is 1.52. The van der Waals surface area contributed by atoms with Crippen molar-refractivity contribution in [1.82, 2.24) is 9.88 Å². The summed E-state index contributed by atoms with van der Waals surface area (Å²) in [6.07, 6.45) is 1.92. The van der Waals surface area contributed by atoms with Crippen molar-refractivity contribution in [3.8, 4) is 11.5 Å². The summed E-state index contributed by atoms with van der Waals surface area (Å²) in [4.78, 5) is 29.3. The molecule has 0 atom stereocenters. The standard InChI is InChI=1S/C18H20FN3O5/c1-22(2)17(24)13-9-26-18(20-13)21-16(23)10-6-12(7-10)27-15-8-11(19)4-5-14(15)25-3/h4-5,8-10,12H,6-7H2,1-3H3,(H,20,21,23)/t10-,12-. The second kappa shape index (κ2) is 7.65. The van der Waals surface area contributed by atoms with Crippen LogP contribution in [0.15, 0.2) is 28.9 Å². The summed E-state index contributed by atoms with van der Waals surface area (Å²) >= 11 is 0. The minimum atomic E-state index is -0.425. The summed E-state index contributed by atoms with van der Waals surface area (Å²) in [5.74, 6) is -0.559. The van der Waals surface area contributed by atoms with Gasteiger partial charge in [0.2, 0.25) is 5.91 Å². The summed E-state index contributed by atoms with van der Waals surface area (Å²) < 4.78 is 29.3. The van der Waals surface area contributed by atoms with Crippen molar-refractivity contribution in [2.75, 3.05) is 26.5 Å². The van der Waals surface area contributed by atoms with E-state index in [1.165, 1.54) is 36.5 Å². The van der Waals surface area contributed by atoms with Crippen LogP contribution >= 0.6 is 0 Å². The molecule has 1 aromatic carbocycles. The molecule has 2 aromatic rings. The van der Waals surface area contributed by atoms with Crippen molar-refractivity contribution < 1.29 is 27.9 Å². The van der Waals surface area contributed by atoms with Crippen molar-refractivity contribution in [3.63, 3.8) is 0 Å². The van der Waals surface area contributed by atoms with Gasteiger partial charge in [-0.2, -0.15) is 4.98 Å². The van der Waals surface area contributed by atoms with Gasteiger partial charge in [0.1, 0.15) is 18.2 Å². The number of hydrogen-bond donors (Lipinski definition) is 1. The van der Waals surface area contributed by atoms with E-state index in [4.69, 9.17) is 13.9 Å². The van der Waals surface area contributed by atoms with Crippen LogP contribution in [0.5, 0.6) is 11.5 Å². The number of nitrogens with zero attached hydrogens (tertiary/aromatic N) is 2. The van der Waals surface area contributed by atoms with E-state index in [0.717, 1.165) is 0 Å². The van der Waals surface area contributed by atoms with Crippen LogP contribution in [0.3, 0.4) is 0 Å². The lowest BCUT2D eigenvalue weighted by molar-refractivity contribution is -0.125. The Kier molecular flexibility index (Phi) is 5.29. The number of carbonyl (C=O) groups excluding carboxylic acids is 2. The number of aromatic nitrogens is 1. The first-order valence-electron chi connectivity index (χ1n) is 8.35. The number of anilines is 1. The average molecular weight is 377 g/mol. The summed E-state index contributed by atoms with van der Waals surface area (Å²) in [5, 5.41) is 2.55. The molecule has 0 radical (unpaired) electrons. The first-order chi connectivity index (χ1) is 12.9. The molecule has 1 aliphatic rings. The molecule has 1 saturated carbocycles. The fourth-order valence-corrected chi connectivity index (χ4v) is 2.66. The third-order valence-electron chi connectivity index (χ3n) is 4.24. The topological polar surface area (TPSA) is 93.9 Å². The molecule has 0 saturated heterocycles. The number of oxazole rings is 1. The molecule has 0 aliphatic heterocycles. The quantitative estimate of drug-likeness (QED) is 0.830. The van der Waals surface area contributed by atoms with Crippen LogP contribution in [0, 0.1) is 11.7 Å². The van der Waals surface area contributed by atoms with Gasteiger partial charge >= 0.3 is 6.01 Å². The molecule has 0 spiro atoms. The number of nitrogens with one attached hydrogen (secondary N) is 1. The lowest BCUT2D eigenvalue weighted by Crippen LogP contribution is -2.41. The zero-order chi connectivity index (χ0) is 19.6. The molecule has 2 amide bonds. The lowest BCUT2D eigenvalue weighted by atomic mass is 9.81. The molecule has 27 heavy (non-hydrogen) atoms. The van der Waals surface area contributed by atoms with E-state index in [1.54, 1.807) is 14.1 Å². The predicted molar refractivity (Wildman–Crippen MR) is 93.2 cm³/mol. The second-order valence-electron chi connectivity index (χ2n) is 6.43. The highest BCUT2D eigenvalue weighted by Crippen LogP contribution is 2.36. The Morgan fingerprint density at radius 3 is 2.70 bits per heavy atom. The van der Waals surface area contributed by atoms with Crippen LogP contribution in [0.1, 0.15) is 23.3 Å². The van der Waals surface area contributed by atoms with Crippen molar-refractivity contribution >= 4 is 17.8 Å². The Bertz CT molecular complexity index is 845. The summed E-state index contributed by atoms with van der Waals surface area (Å²) in [5.41, 5.74) is 0.114. The van der Waals surface area contributed by atoms with Gasteiger partial charge in [0.05, 0.1) is 7.11 Å². The third kappa shape index (κ3) is 4.18. The normalized spacial score (nSPS) is 18.4. The fraction of sp³-hybridized carbons (Fsp3) is 0.389. The minimum Gasteiger partial charge on any atom is -0.493 e. The second-order valence-corrected chi connectivity index (χ2v) is 6.43. The first kappa shape index (κ1) is 18.7. The number of benzene rings is 1. The summed E-state index contributed by atoms with van der Waals surface area (Å²) in [7, 11) is 4.66. The van der Waals surface area contributed by atoms with Gasteiger partial charge in [-0.25, -0.2) is 4.39 Å². The molecule has 3 rings (SSSR count). The highest BCUT2D eigenvalue weighted by atomic mass is 19.1. The maximum Gasteiger partial charge on any atom is 0.302 e. The zero-order valence-corrected chi connectivity index (χ0v) is 15.2. The monoisotopic (exact) mass is 377 g/mol. The van der Waals surface area contributed by atoms with Crippen LogP contribution in [0.2, 0.25) is 0 Å². The number of hydrogen-bond acceptors (Lipinski definition) is 6. The maximum absolute atomic E-state index is 13.4. The van der Waals surface area contributed by atoms with E-state index in [9.17, 15) is 14.0 Å². The zero-order valence-electron chi connectivity index (χ0n) is 15.2. The van der Waals surface area contributed by atoms with E-state index in [0.29, 0.717) is 24.3 Å². The Morgan fingerprint density at radius 1 is 1.30 bits per heavy atom. The van der Waals surface area contributed by atoms with Gasteiger partial charge in [0.15, 0.2) is 17.2 Å². The fourth-order valence-electron chi connectivity index (χ4n) is 2.66. The number of ether oxygens (including phenoxy) is 2. The number of halogens is 1. The van der Waals surface area contributed by atoms with Gasteiger partial charge in [-0.05, 0) is 25.0 Å². The van der Waals surface area contributed by atoms with Crippen LogP contribution < -0.4 is 14.8 Å². The molecular weight excluding hydrogens is 357 g/mol. The van der Waals surface area contributed by atoms with Crippen LogP contribution in [0.4, 0.5) is 10.4 Å². The summed E-state index contributed by atoms with van der Waals surface area (Å²) in [6.45, 7) is 0. The van der Waals surface area contributed by atoms with Gasteiger partial charge < -0.3 is 18.8 Å². The van der Waals surface area contributed by atoms with Gasteiger partial charge in [0, 0.05) is 26.1 Å². The van der Waals surface area contributed by atoms with Gasteiger partial charge in [0.25, 0.3) is 5.91 Å². The molecule has 1 fully saturated rings. The molecule has 144 valence electrons. The van der Waals surface area contributed by atoms with E-state index < -0.39 is 5.82 Å². The first-order valence-corrected chi connectivity index (χ1v) is 8.35. The molecule has 1 aliphatic carbocycles. The molecule has 9 heteroatoms. The maximum atomic E-state index is 13.4. The van der Waals surface area contributed by atoms with Gasteiger partial charge in [-0.3, -0.25) is 14.9 Å². The molecule has 1 aromatic heterocycles. The molecule has 0 unspecified atom stereocenters. The third-order valence-corrected chi connectivity index (χ3v) is 4.24. The van der Waals surface area contributed by atoms with Crippen LogP contribution in [-0.4, -0.2) is 49.0 Å². The van der Waals surface area contributed by atoms with Crippen molar-refractivity contribution in [1.29, 1.82) is 0 Å². The van der Waals surface area contributed by atoms with Gasteiger partial charge in [-0.15, -0.1) is 0 Å². The summed E-state index contributed by atoms with van der Waals surface area (Å²) in [6, 6.07) is 4.00. The Morgan fingerprint density at radius 2 is 2.04 bits per heavy atom. The van der Waals surface area contributed by atoms with Crippen molar-refractivity contribution in [2.45, 2.75) is 18.9 Å². The largest absolute Gasteiger partial charge is 0.493 e. The number of rotatable bonds is 6. The molecular formula is C18H20FN3O5. The molecule has 0 bridgehead atoms. The number of methoxy groups -OCH3 is 1. The van der Waals surface area contributed by atoms with E-state index in [2.05, 4.69) is 10.3 Å². The lowest BCUT2D eigenvalue weighted by Gasteiger charge is -2.34. The Labute approximate surface area is 155 Å². The van der Waals surface area contributed by atoms with E-state index in [1.807, 2.05) is 0 Å². The molecule has 1 heterocycles. The predicted octanol–water partition coefficient (Wildman–Crippen LogP) is 2.32. The SMILES string of the molecule is COc1ccc(F)cc1O[C@H]1C[C@H](C(=O)Nc2nc(C(=O)N(C)C)co2)C1.